The average Bonchev–Trinajstić information content (AvgIpc) is 3.57. The lowest BCUT2D eigenvalue weighted by Gasteiger charge is -2.20. The Morgan fingerprint density at radius 3 is 2.24 bits per heavy atom. The van der Waals surface area contributed by atoms with Gasteiger partial charge in [-0.25, -0.2) is 28.1 Å². The molecule has 3 heterocycles. The maximum Gasteiger partial charge on any atom is 0.222 e. The summed E-state index contributed by atoms with van der Waals surface area (Å²) in [6.07, 6.45) is -3.48. The predicted octanol–water partition coefficient (Wildman–Crippen LogP) is 2.04. The molecular weight excluding hydrogens is 598 g/mol. The van der Waals surface area contributed by atoms with Crippen molar-refractivity contribution in [1.29, 1.82) is 0 Å². The van der Waals surface area contributed by atoms with Crippen LogP contribution in [0.15, 0.2) is 67.0 Å². The van der Waals surface area contributed by atoms with Crippen LogP contribution in [-0.4, -0.2) is 80.7 Å². The molecule has 5 rings (SSSR count). The molecule has 45 heavy (non-hydrogen) atoms. The molecule has 2 aromatic heterocycles. The number of aromatic nitrogens is 4. The molecule has 0 unspecified atom stereocenters. The van der Waals surface area contributed by atoms with E-state index in [0.717, 1.165) is 11.1 Å². The van der Waals surface area contributed by atoms with Crippen LogP contribution in [0, 0.1) is 0 Å². The first-order valence-corrected chi connectivity index (χ1v) is 16.5. The van der Waals surface area contributed by atoms with Gasteiger partial charge in [-0.3, -0.25) is 9.36 Å². The van der Waals surface area contributed by atoms with E-state index >= 15 is 0 Å². The number of carbonyl (C=O) groups is 1. The van der Waals surface area contributed by atoms with E-state index in [1.54, 1.807) is 20.8 Å². The highest BCUT2D eigenvalue weighted by molar-refractivity contribution is 7.90. The van der Waals surface area contributed by atoms with Crippen LogP contribution in [0.5, 0.6) is 0 Å². The van der Waals surface area contributed by atoms with E-state index in [4.69, 9.17) is 4.74 Å². The highest BCUT2D eigenvalue weighted by atomic mass is 32.2. The summed E-state index contributed by atoms with van der Waals surface area (Å²) in [6, 6.07) is 20.1. The molecule has 1 amide bonds. The summed E-state index contributed by atoms with van der Waals surface area (Å²) in [7, 11) is -3.62. The third kappa shape index (κ3) is 7.31. The van der Waals surface area contributed by atoms with Crippen molar-refractivity contribution in [2.45, 2.75) is 69.4 Å². The lowest BCUT2D eigenvalue weighted by Crippen LogP contribution is -2.35. The second-order valence-corrected chi connectivity index (χ2v) is 13.5. The van der Waals surface area contributed by atoms with Gasteiger partial charge in [0.2, 0.25) is 15.9 Å². The summed E-state index contributed by atoms with van der Waals surface area (Å²) in [5.74, 6) is 0.164. The Labute approximate surface area is 262 Å². The van der Waals surface area contributed by atoms with Crippen molar-refractivity contribution in [2.75, 3.05) is 18.4 Å². The smallest absolute Gasteiger partial charge is 0.222 e. The first kappa shape index (κ1) is 32.4. The van der Waals surface area contributed by atoms with Crippen molar-refractivity contribution >= 4 is 32.9 Å². The van der Waals surface area contributed by atoms with Gasteiger partial charge in [-0.2, -0.15) is 0 Å². The maximum absolute atomic E-state index is 12.5. The summed E-state index contributed by atoms with van der Waals surface area (Å²) in [5, 5.41) is 27.1. The normalized spacial score (nSPS) is 20.2. The van der Waals surface area contributed by atoms with Crippen molar-refractivity contribution in [2.24, 2.45) is 0 Å². The number of nitrogens with one attached hydrogen (secondary N) is 3. The minimum absolute atomic E-state index is 0.0486. The van der Waals surface area contributed by atoms with Gasteiger partial charge in [0.05, 0.1) is 30.6 Å². The second-order valence-electron chi connectivity index (χ2n) is 11.2. The number of fused-ring (bicyclic) bond motifs is 1. The van der Waals surface area contributed by atoms with Gasteiger partial charge in [-0.1, -0.05) is 60.7 Å². The Morgan fingerprint density at radius 1 is 1.00 bits per heavy atom. The molecule has 1 aliphatic heterocycles. The van der Waals surface area contributed by atoms with Crippen molar-refractivity contribution in [1.82, 2.24) is 29.6 Å². The number of benzene rings is 2. The minimum Gasteiger partial charge on any atom is -0.388 e. The third-order valence-corrected chi connectivity index (χ3v) is 9.56. The molecule has 1 aliphatic rings. The largest absolute Gasteiger partial charge is 0.388 e. The number of ether oxygens (including phenoxy) is 1. The molecule has 0 radical (unpaired) electrons. The number of imidazole rings is 1. The van der Waals surface area contributed by atoms with Crippen LogP contribution in [-0.2, 0) is 26.1 Å². The van der Waals surface area contributed by atoms with Gasteiger partial charge >= 0.3 is 0 Å². The lowest BCUT2D eigenvalue weighted by atomic mass is 9.91. The number of aliphatic hydroxyl groups is 2. The number of amides is 1. The number of hydrogen-bond donors (Lipinski definition) is 5. The number of carbonyl (C=O) groups excluding carboxylic acids is 1. The van der Waals surface area contributed by atoms with Crippen LogP contribution in [0.25, 0.3) is 11.2 Å². The first-order valence-electron chi connectivity index (χ1n) is 14.9. The quantitative estimate of drug-likeness (QED) is 0.146. The Hall–Kier alpha value is -3.95. The fraction of sp³-hybridized carbons (Fsp3) is 0.419. The molecule has 0 aliphatic carbocycles. The number of nitrogens with zero attached hydrogens (tertiary/aromatic N) is 4. The van der Waals surface area contributed by atoms with Gasteiger partial charge in [0.1, 0.15) is 18.0 Å². The Balaban J connectivity index is 1.50. The van der Waals surface area contributed by atoms with Gasteiger partial charge in [0.25, 0.3) is 0 Å². The van der Waals surface area contributed by atoms with E-state index in [0.29, 0.717) is 24.4 Å². The number of anilines is 1. The van der Waals surface area contributed by atoms with Crippen molar-refractivity contribution in [3.8, 4) is 0 Å². The summed E-state index contributed by atoms with van der Waals surface area (Å²) in [5.41, 5.74) is 2.80. The Morgan fingerprint density at radius 2 is 1.64 bits per heavy atom. The molecule has 14 heteroatoms. The number of rotatable bonds is 13. The number of hydrogen-bond acceptors (Lipinski definition) is 10. The zero-order valence-corrected chi connectivity index (χ0v) is 26.2. The second kappa shape index (κ2) is 14.0. The average molecular weight is 638 g/mol. The van der Waals surface area contributed by atoms with E-state index in [1.807, 2.05) is 36.4 Å². The monoisotopic (exact) mass is 637 g/mol. The minimum atomic E-state index is -3.62. The highest BCUT2D eigenvalue weighted by Gasteiger charge is 2.45. The molecule has 0 bridgehead atoms. The Kier molecular flexibility index (Phi) is 10.1. The first-order chi connectivity index (χ1) is 21.6. The highest BCUT2D eigenvalue weighted by Crippen LogP contribution is 2.34. The van der Waals surface area contributed by atoms with Gasteiger partial charge in [-0.15, -0.1) is 0 Å². The van der Waals surface area contributed by atoms with Crippen LogP contribution in [0.1, 0.15) is 56.3 Å². The molecule has 1 saturated heterocycles. The van der Waals surface area contributed by atoms with Crippen molar-refractivity contribution < 1.29 is 28.2 Å². The van der Waals surface area contributed by atoms with Gasteiger partial charge in [0, 0.05) is 19.0 Å². The molecule has 240 valence electrons. The van der Waals surface area contributed by atoms with Crippen LogP contribution < -0.4 is 15.4 Å². The van der Waals surface area contributed by atoms with Gasteiger partial charge in [-0.05, 0) is 31.9 Å². The zero-order valence-electron chi connectivity index (χ0n) is 25.4. The SMILES string of the molecule is CCNC(=O)C[C@@H]1O[C@@H](n2cnc3c(NCC(c4ccccc4)c4ccccc4)nc(CNS(=O)(=O)C(C)C)nc32)[C@H](O)[C@@H]1O. The number of sulfonamides is 1. The molecule has 2 aromatic carbocycles. The molecule has 5 N–H and O–H groups in total. The fourth-order valence-electron chi connectivity index (χ4n) is 5.26. The molecule has 13 nitrogen and oxygen atoms in total. The maximum atomic E-state index is 12.5. The molecule has 1 fully saturated rings. The van der Waals surface area contributed by atoms with Gasteiger partial charge < -0.3 is 25.6 Å². The van der Waals surface area contributed by atoms with Crippen LogP contribution in [0.3, 0.4) is 0 Å². The van der Waals surface area contributed by atoms with Gasteiger partial charge in [0.15, 0.2) is 23.2 Å². The topological polar surface area (TPSA) is 181 Å². The zero-order chi connectivity index (χ0) is 32.1. The fourth-order valence-corrected chi connectivity index (χ4v) is 5.92. The van der Waals surface area contributed by atoms with Crippen molar-refractivity contribution in [3.05, 3.63) is 83.9 Å². The van der Waals surface area contributed by atoms with Crippen LogP contribution >= 0.6 is 0 Å². The third-order valence-electron chi connectivity index (χ3n) is 7.77. The molecule has 4 atom stereocenters. The summed E-state index contributed by atoms with van der Waals surface area (Å²) >= 11 is 0. The molecule has 0 saturated carbocycles. The van der Waals surface area contributed by atoms with Crippen LogP contribution in [0.4, 0.5) is 5.82 Å². The summed E-state index contributed by atoms with van der Waals surface area (Å²) < 4.78 is 35.1. The molecular formula is C31H39N7O6S. The van der Waals surface area contributed by atoms with Crippen molar-refractivity contribution in [3.63, 3.8) is 0 Å². The summed E-state index contributed by atoms with van der Waals surface area (Å²) in [6.45, 7) is 5.59. The van der Waals surface area contributed by atoms with E-state index < -0.39 is 39.8 Å². The lowest BCUT2D eigenvalue weighted by molar-refractivity contribution is -0.125. The summed E-state index contributed by atoms with van der Waals surface area (Å²) in [4.78, 5) is 25.9. The van der Waals surface area contributed by atoms with E-state index in [-0.39, 0.29) is 36.3 Å². The predicted molar refractivity (Wildman–Crippen MR) is 169 cm³/mol. The van der Waals surface area contributed by atoms with Crippen LogP contribution in [0.2, 0.25) is 0 Å². The standard InChI is InChI=1S/C31H39N7O6S/c1-4-32-25(39)15-23-27(40)28(41)31(44-23)38-18-34-26-29(36-24(37-30(26)38)17-35-45(42,43)19(2)3)33-16-22(20-11-7-5-8-12-20)21-13-9-6-10-14-21/h5-14,18-19,22-23,27-28,31,35,40-41H,4,15-17H2,1-3H3,(H,32,39)(H,33,36,37)/t23-,27+,28+,31+/m0/s1. The van der Waals surface area contributed by atoms with E-state index in [9.17, 15) is 23.4 Å². The molecule has 0 spiro atoms. The Bertz CT molecular complexity index is 1660. The number of aliphatic hydroxyl groups excluding tert-OH is 2. The van der Waals surface area contributed by atoms with E-state index in [2.05, 4.69) is 54.6 Å². The molecule has 4 aromatic rings. The van der Waals surface area contributed by atoms with E-state index in [1.165, 1.54) is 10.9 Å².